The van der Waals surface area contributed by atoms with Gasteiger partial charge in [-0.3, -0.25) is 0 Å². The Morgan fingerprint density at radius 1 is 1.14 bits per heavy atom. The van der Waals surface area contributed by atoms with Gasteiger partial charge in [-0.05, 0) is 17.4 Å². The van der Waals surface area contributed by atoms with Crippen LogP contribution in [-0.2, 0) is 6.42 Å². The Balaban J connectivity index is 2.74. The Bertz CT molecular complexity index is 280. The molecule has 0 saturated heterocycles. The molecule has 14 heavy (non-hydrogen) atoms. The van der Waals surface area contributed by atoms with Crippen molar-refractivity contribution in [2.24, 2.45) is 5.41 Å². The number of hydrogen-bond acceptors (Lipinski definition) is 2. The molecular formula is C12H20N2. The van der Waals surface area contributed by atoms with Crippen molar-refractivity contribution in [1.82, 2.24) is 9.97 Å². The van der Waals surface area contributed by atoms with Gasteiger partial charge in [0.2, 0.25) is 0 Å². The molecule has 2 heteroatoms. The molecule has 1 rings (SSSR count). The first-order chi connectivity index (χ1) is 6.38. The molecule has 1 aromatic rings. The molecule has 0 aromatic carbocycles. The second-order valence-corrected chi connectivity index (χ2v) is 5.34. The van der Waals surface area contributed by atoms with Crippen molar-refractivity contribution in [3.8, 4) is 0 Å². The highest BCUT2D eigenvalue weighted by Crippen LogP contribution is 2.19. The van der Waals surface area contributed by atoms with E-state index in [9.17, 15) is 0 Å². The summed E-state index contributed by atoms with van der Waals surface area (Å²) in [4.78, 5) is 8.70. The molecule has 0 bridgehead atoms. The van der Waals surface area contributed by atoms with Crippen LogP contribution in [0, 0.1) is 5.41 Å². The van der Waals surface area contributed by atoms with Gasteiger partial charge in [0.05, 0.1) is 0 Å². The van der Waals surface area contributed by atoms with E-state index in [2.05, 4.69) is 44.6 Å². The second kappa shape index (κ2) is 4.07. The highest BCUT2D eigenvalue weighted by Gasteiger charge is 2.12. The maximum absolute atomic E-state index is 4.35. The summed E-state index contributed by atoms with van der Waals surface area (Å²) in [6, 6.07) is 0. The largest absolute Gasteiger partial charge is 0.241 e. The van der Waals surface area contributed by atoms with Crippen molar-refractivity contribution in [3.05, 3.63) is 23.8 Å². The molecular weight excluding hydrogens is 172 g/mol. The van der Waals surface area contributed by atoms with Crippen molar-refractivity contribution >= 4 is 0 Å². The molecule has 0 spiro atoms. The fraction of sp³-hybridized carbons (Fsp3) is 0.667. The lowest BCUT2D eigenvalue weighted by molar-refractivity contribution is 0.410. The lowest BCUT2D eigenvalue weighted by Gasteiger charge is -2.17. The Labute approximate surface area is 86.8 Å². The van der Waals surface area contributed by atoms with E-state index in [1.165, 1.54) is 5.56 Å². The molecule has 0 atom stereocenters. The van der Waals surface area contributed by atoms with Gasteiger partial charge in [-0.15, -0.1) is 0 Å². The van der Waals surface area contributed by atoms with Crippen molar-refractivity contribution in [2.75, 3.05) is 0 Å². The van der Waals surface area contributed by atoms with Crippen molar-refractivity contribution < 1.29 is 0 Å². The van der Waals surface area contributed by atoms with E-state index in [0.717, 1.165) is 12.2 Å². The first kappa shape index (κ1) is 11.2. The maximum Gasteiger partial charge on any atom is 0.130 e. The monoisotopic (exact) mass is 192 g/mol. The minimum atomic E-state index is 0.308. The van der Waals surface area contributed by atoms with Crippen molar-refractivity contribution in [3.63, 3.8) is 0 Å². The molecule has 0 radical (unpaired) electrons. The van der Waals surface area contributed by atoms with Gasteiger partial charge in [0.1, 0.15) is 5.82 Å². The van der Waals surface area contributed by atoms with Gasteiger partial charge in [0, 0.05) is 18.3 Å². The van der Waals surface area contributed by atoms with E-state index < -0.39 is 0 Å². The van der Waals surface area contributed by atoms with Gasteiger partial charge >= 0.3 is 0 Å². The zero-order valence-electron chi connectivity index (χ0n) is 9.83. The van der Waals surface area contributed by atoms with Gasteiger partial charge in [-0.2, -0.15) is 0 Å². The van der Waals surface area contributed by atoms with Gasteiger partial charge < -0.3 is 0 Å². The second-order valence-electron chi connectivity index (χ2n) is 5.34. The van der Waals surface area contributed by atoms with Gasteiger partial charge in [0.15, 0.2) is 0 Å². The fourth-order valence-corrected chi connectivity index (χ4v) is 1.37. The zero-order valence-corrected chi connectivity index (χ0v) is 9.83. The number of rotatable bonds is 2. The predicted molar refractivity (Wildman–Crippen MR) is 59.3 cm³/mol. The van der Waals surface area contributed by atoms with E-state index in [-0.39, 0.29) is 0 Å². The van der Waals surface area contributed by atoms with Crippen LogP contribution in [0.3, 0.4) is 0 Å². The normalized spacial score (nSPS) is 12.1. The molecule has 0 aliphatic heterocycles. The summed E-state index contributed by atoms with van der Waals surface area (Å²) in [5, 5.41) is 0. The Hall–Kier alpha value is -0.920. The third-order valence-corrected chi connectivity index (χ3v) is 1.98. The van der Waals surface area contributed by atoms with Crippen LogP contribution in [0.5, 0.6) is 0 Å². The molecule has 0 amide bonds. The summed E-state index contributed by atoms with van der Waals surface area (Å²) in [5.74, 6) is 1.35. The lowest BCUT2D eigenvalue weighted by atomic mass is 9.89. The highest BCUT2D eigenvalue weighted by atomic mass is 14.9. The summed E-state index contributed by atoms with van der Waals surface area (Å²) in [7, 11) is 0. The van der Waals surface area contributed by atoms with Crippen LogP contribution in [0.1, 0.15) is 51.9 Å². The molecule has 0 unspecified atom stereocenters. The topological polar surface area (TPSA) is 25.8 Å². The molecule has 2 nitrogen and oxygen atoms in total. The number of nitrogens with zero attached hydrogens (tertiary/aromatic N) is 2. The van der Waals surface area contributed by atoms with E-state index in [1.54, 1.807) is 0 Å². The van der Waals surface area contributed by atoms with E-state index in [4.69, 9.17) is 0 Å². The van der Waals surface area contributed by atoms with E-state index in [1.807, 2.05) is 12.4 Å². The molecule has 1 heterocycles. The Morgan fingerprint density at radius 3 is 2.00 bits per heavy atom. The third kappa shape index (κ3) is 3.44. The van der Waals surface area contributed by atoms with Crippen LogP contribution in [0.25, 0.3) is 0 Å². The Morgan fingerprint density at radius 2 is 1.64 bits per heavy atom. The van der Waals surface area contributed by atoms with Crippen molar-refractivity contribution in [2.45, 2.75) is 47.0 Å². The smallest absolute Gasteiger partial charge is 0.130 e. The fourth-order valence-electron chi connectivity index (χ4n) is 1.37. The molecule has 0 saturated carbocycles. The molecule has 0 fully saturated rings. The molecule has 78 valence electrons. The van der Waals surface area contributed by atoms with Gasteiger partial charge in [0.25, 0.3) is 0 Å². The van der Waals surface area contributed by atoms with Crippen molar-refractivity contribution in [1.29, 1.82) is 0 Å². The molecule has 1 aromatic heterocycles. The average molecular weight is 192 g/mol. The highest BCUT2D eigenvalue weighted by molar-refractivity contribution is 5.08. The summed E-state index contributed by atoms with van der Waals surface area (Å²) in [6.45, 7) is 10.9. The number of aromatic nitrogens is 2. The van der Waals surface area contributed by atoms with Crippen LogP contribution in [-0.4, -0.2) is 9.97 Å². The SMILES string of the molecule is CC(C)c1ncc(CC(C)(C)C)cn1. The summed E-state index contributed by atoms with van der Waals surface area (Å²) in [6.07, 6.45) is 4.94. The third-order valence-electron chi connectivity index (χ3n) is 1.98. The van der Waals surface area contributed by atoms with E-state index in [0.29, 0.717) is 11.3 Å². The molecule has 0 aliphatic carbocycles. The zero-order chi connectivity index (χ0) is 10.8. The van der Waals surface area contributed by atoms with Gasteiger partial charge in [-0.1, -0.05) is 34.6 Å². The van der Waals surface area contributed by atoms with Crippen LogP contribution in [0.15, 0.2) is 12.4 Å². The van der Waals surface area contributed by atoms with E-state index >= 15 is 0 Å². The first-order valence-corrected chi connectivity index (χ1v) is 5.19. The minimum Gasteiger partial charge on any atom is -0.241 e. The first-order valence-electron chi connectivity index (χ1n) is 5.19. The van der Waals surface area contributed by atoms with Crippen LogP contribution < -0.4 is 0 Å². The van der Waals surface area contributed by atoms with Crippen LogP contribution in [0.2, 0.25) is 0 Å². The van der Waals surface area contributed by atoms with Crippen LogP contribution >= 0.6 is 0 Å². The Kier molecular flexibility index (Phi) is 3.25. The summed E-state index contributed by atoms with van der Waals surface area (Å²) >= 11 is 0. The quantitative estimate of drug-likeness (QED) is 0.719. The van der Waals surface area contributed by atoms with Crippen LogP contribution in [0.4, 0.5) is 0 Å². The predicted octanol–water partition coefficient (Wildman–Crippen LogP) is 3.19. The minimum absolute atomic E-state index is 0.308. The summed E-state index contributed by atoms with van der Waals surface area (Å²) < 4.78 is 0. The maximum atomic E-state index is 4.35. The number of hydrogen-bond donors (Lipinski definition) is 0. The standard InChI is InChI=1S/C12H20N2/c1-9(2)11-13-7-10(8-14-11)6-12(3,4)5/h7-9H,6H2,1-5H3. The molecule has 0 aliphatic rings. The molecule has 0 N–H and O–H groups in total. The average Bonchev–Trinajstić information content (AvgIpc) is 2.02. The lowest BCUT2D eigenvalue weighted by Crippen LogP contribution is -2.10. The van der Waals surface area contributed by atoms with Gasteiger partial charge in [-0.25, -0.2) is 9.97 Å². The summed E-state index contributed by atoms with van der Waals surface area (Å²) in [5.41, 5.74) is 1.53.